The fourth-order valence-electron chi connectivity index (χ4n) is 1.36. The van der Waals surface area contributed by atoms with Crippen LogP contribution in [0.15, 0.2) is 18.2 Å². The van der Waals surface area contributed by atoms with Crippen LogP contribution >= 0.6 is 22.9 Å². The first-order valence-electron chi connectivity index (χ1n) is 5.17. The second-order valence-corrected chi connectivity index (χ2v) is 4.80. The lowest BCUT2D eigenvalue weighted by Gasteiger charge is -2.07. The van der Waals surface area contributed by atoms with E-state index in [1.54, 1.807) is 0 Å². The molecule has 104 valence electrons. The van der Waals surface area contributed by atoms with Gasteiger partial charge in [0.05, 0.1) is 18.1 Å². The maximum Gasteiger partial charge on any atom is 0.281 e. The summed E-state index contributed by atoms with van der Waals surface area (Å²) in [6, 6.07) is 3.90. The Balaban J connectivity index is 2.37. The molecule has 1 heterocycles. The third-order valence-corrected chi connectivity index (χ3v) is 3.51. The quantitative estimate of drug-likeness (QED) is 0.477. The number of methoxy groups -OCH3 is 1. The third kappa shape index (κ3) is 2.86. The number of benzene rings is 1. The van der Waals surface area contributed by atoms with E-state index in [0.29, 0.717) is 12.0 Å². The van der Waals surface area contributed by atoms with Gasteiger partial charge in [-0.05, 0) is 6.07 Å². The first kappa shape index (κ1) is 14.2. The lowest BCUT2D eigenvalue weighted by molar-refractivity contribution is -0.384. The predicted octanol–water partition coefficient (Wildman–Crippen LogP) is 3.32. The minimum absolute atomic E-state index is 0.0180. The first-order valence-corrected chi connectivity index (χ1v) is 6.36. The molecule has 0 spiro atoms. The minimum Gasteiger partial charge on any atom is -0.493 e. The molecule has 2 rings (SSSR count). The molecule has 0 aliphatic heterocycles. The molecule has 1 aromatic heterocycles. The number of carbonyl (C=O) groups excluding carboxylic acids is 1. The van der Waals surface area contributed by atoms with Crippen molar-refractivity contribution in [2.24, 2.45) is 0 Å². The van der Waals surface area contributed by atoms with Crippen LogP contribution in [0.25, 0.3) is 0 Å². The highest BCUT2D eigenvalue weighted by molar-refractivity contribution is 7.15. The van der Waals surface area contributed by atoms with Crippen LogP contribution in [-0.2, 0) is 0 Å². The molecular weight excluding hydrogens is 308 g/mol. The van der Waals surface area contributed by atoms with Crippen LogP contribution in [0.3, 0.4) is 0 Å². The van der Waals surface area contributed by atoms with Gasteiger partial charge >= 0.3 is 0 Å². The summed E-state index contributed by atoms with van der Waals surface area (Å²) in [7, 11) is 1.40. The molecule has 0 aliphatic rings. The number of nitro benzene ring substituents is 1. The van der Waals surface area contributed by atoms with Crippen molar-refractivity contribution in [2.75, 3.05) is 7.11 Å². The number of aromatic nitrogens is 1. The van der Waals surface area contributed by atoms with Crippen molar-refractivity contribution < 1.29 is 19.2 Å². The van der Waals surface area contributed by atoms with Gasteiger partial charge in [0.15, 0.2) is 22.9 Å². The summed E-state index contributed by atoms with van der Waals surface area (Å²) in [4.78, 5) is 24.9. The lowest BCUT2D eigenvalue weighted by Crippen LogP contribution is -1.93. The van der Waals surface area contributed by atoms with E-state index in [1.165, 1.54) is 25.3 Å². The maximum atomic E-state index is 10.7. The maximum absolute atomic E-state index is 10.7. The van der Waals surface area contributed by atoms with Crippen LogP contribution in [0.1, 0.15) is 9.67 Å². The van der Waals surface area contributed by atoms with Crippen molar-refractivity contribution in [1.29, 1.82) is 0 Å². The average molecular weight is 315 g/mol. The standard InChI is InChI=1S/C11H7ClN2O5S/c1-18-7-3-2-6(14(16)17)4-8(7)19-11-13-10(12)9(5-15)20-11/h2-5H,1H3. The monoisotopic (exact) mass is 314 g/mol. The van der Waals surface area contributed by atoms with Crippen LogP contribution in [-0.4, -0.2) is 23.3 Å². The molecule has 0 unspecified atom stereocenters. The number of non-ortho nitro benzene ring substituents is 1. The van der Waals surface area contributed by atoms with Crippen LogP contribution in [0.5, 0.6) is 16.7 Å². The number of nitrogens with zero attached hydrogens (tertiary/aromatic N) is 2. The molecule has 0 N–H and O–H groups in total. The van der Waals surface area contributed by atoms with Crippen LogP contribution in [0.2, 0.25) is 5.15 Å². The molecule has 2 aromatic rings. The highest BCUT2D eigenvalue weighted by Crippen LogP contribution is 2.37. The molecule has 0 saturated carbocycles. The molecule has 7 nitrogen and oxygen atoms in total. The second kappa shape index (κ2) is 5.85. The molecule has 0 radical (unpaired) electrons. The largest absolute Gasteiger partial charge is 0.493 e. The minimum atomic E-state index is -0.558. The Labute approximate surface area is 121 Å². The molecular formula is C11H7ClN2O5S. The second-order valence-electron chi connectivity index (χ2n) is 3.45. The number of carbonyl (C=O) groups is 1. The summed E-state index contributed by atoms with van der Waals surface area (Å²) in [6.45, 7) is 0. The van der Waals surface area contributed by atoms with Gasteiger partial charge in [0, 0.05) is 6.07 Å². The van der Waals surface area contributed by atoms with E-state index < -0.39 is 4.92 Å². The van der Waals surface area contributed by atoms with Crippen molar-refractivity contribution in [3.8, 4) is 16.7 Å². The van der Waals surface area contributed by atoms with Gasteiger partial charge in [0.1, 0.15) is 4.88 Å². The zero-order valence-electron chi connectivity index (χ0n) is 10.0. The van der Waals surface area contributed by atoms with Crippen molar-refractivity contribution >= 4 is 34.9 Å². The van der Waals surface area contributed by atoms with E-state index in [0.717, 1.165) is 11.3 Å². The third-order valence-electron chi connectivity index (χ3n) is 2.25. The van der Waals surface area contributed by atoms with Crippen molar-refractivity contribution in [1.82, 2.24) is 4.98 Å². The summed E-state index contributed by atoms with van der Waals surface area (Å²) in [6.07, 6.45) is 0.553. The number of rotatable bonds is 5. The van der Waals surface area contributed by atoms with Gasteiger partial charge < -0.3 is 9.47 Å². The van der Waals surface area contributed by atoms with Gasteiger partial charge in [-0.15, -0.1) is 0 Å². The van der Waals surface area contributed by atoms with Gasteiger partial charge in [0.2, 0.25) is 0 Å². The molecule has 9 heteroatoms. The smallest absolute Gasteiger partial charge is 0.281 e. The Bertz CT molecular complexity index is 673. The molecule has 0 bridgehead atoms. The van der Waals surface area contributed by atoms with Gasteiger partial charge in [-0.1, -0.05) is 22.9 Å². The zero-order chi connectivity index (χ0) is 14.7. The summed E-state index contributed by atoms with van der Waals surface area (Å²) in [5.74, 6) is 0.416. The molecule has 20 heavy (non-hydrogen) atoms. The Morgan fingerprint density at radius 2 is 2.20 bits per heavy atom. The molecule has 0 atom stereocenters. The highest BCUT2D eigenvalue weighted by Gasteiger charge is 2.16. The topological polar surface area (TPSA) is 91.6 Å². The van der Waals surface area contributed by atoms with Gasteiger partial charge in [-0.25, -0.2) is 0 Å². The number of thiazole rings is 1. The van der Waals surface area contributed by atoms with E-state index in [1.807, 2.05) is 0 Å². The number of hydrogen-bond donors (Lipinski definition) is 0. The van der Waals surface area contributed by atoms with Crippen molar-refractivity contribution in [2.45, 2.75) is 0 Å². The van der Waals surface area contributed by atoms with Crippen molar-refractivity contribution in [3.05, 3.63) is 38.3 Å². The number of aldehydes is 1. The van der Waals surface area contributed by atoms with Crippen LogP contribution < -0.4 is 9.47 Å². The zero-order valence-corrected chi connectivity index (χ0v) is 11.6. The lowest BCUT2D eigenvalue weighted by atomic mass is 10.3. The Morgan fingerprint density at radius 3 is 2.75 bits per heavy atom. The Kier molecular flexibility index (Phi) is 4.16. The fraction of sp³-hybridized carbons (Fsp3) is 0.0909. The molecule has 0 amide bonds. The predicted molar refractivity (Wildman–Crippen MR) is 72.2 cm³/mol. The van der Waals surface area contributed by atoms with Crippen LogP contribution in [0, 0.1) is 10.1 Å². The first-order chi connectivity index (χ1) is 9.55. The molecule has 1 aromatic carbocycles. The summed E-state index contributed by atoms with van der Waals surface area (Å²) >= 11 is 6.64. The SMILES string of the molecule is COc1ccc([N+](=O)[O-])cc1Oc1nc(Cl)c(C=O)s1. The number of ether oxygens (including phenoxy) is 2. The number of halogens is 1. The summed E-state index contributed by atoms with van der Waals surface area (Å²) in [5.41, 5.74) is -0.154. The fourth-order valence-corrected chi connectivity index (χ4v) is 2.28. The average Bonchev–Trinajstić information content (AvgIpc) is 2.78. The molecule has 0 fully saturated rings. The van der Waals surface area contributed by atoms with Crippen molar-refractivity contribution in [3.63, 3.8) is 0 Å². The normalized spacial score (nSPS) is 10.1. The van der Waals surface area contributed by atoms with Gasteiger partial charge in [-0.2, -0.15) is 4.98 Å². The van der Waals surface area contributed by atoms with E-state index in [-0.39, 0.29) is 26.7 Å². The van der Waals surface area contributed by atoms with E-state index in [4.69, 9.17) is 21.1 Å². The van der Waals surface area contributed by atoms with Crippen LogP contribution in [0.4, 0.5) is 5.69 Å². The highest BCUT2D eigenvalue weighted by atomic mass is 35.5. The van der Waals surface area contributed by atoms with Gasteiger partial charge in [0.25, 0.3) is 10.9 Å². The van der Waals surface area contributed by atoms with E-state index in [2.05, 4.69) is 4.98 Å². The van der Waals surface area contributed by atoms with E-state index >= 15 is 0 Å². The molecule has 0 saturated heterocycles. The Hall–Kier alpha value is -2.19. The molecule has 0 aliphatic carbocycles. The van der Waals surface area contributed by atoms with E-state index in [9.17, 15) is 14.9 Å². The number of hydrogen-bond acceptors (Lipinski definition) is 7. The Morgan fingerprint density at radius 1 is 1.45 bits per heavy atom. The summed E-state index contributed by atoms with van der Waals surface area (Å²) < 4.78 is 10.4. The summed E-state index contributed by atoms with van der Waals surface area (Å²) in [5, 5.41) is 10.8. The van der Waals surface area contributed by atoms with Gasteiger partial charge in [-0.3, -0.25) is 14.9 Å². The number of nitro groups is 1.